The van der Waals surface area contributed by atoms with Gasteiger partial charge in [-0.25, -0.2) is 0 Å². The van der Waals surface area contributed by atoms with Crippen LogP contribution in [0.15, 0.2) is 0 Å². The molecule has 1 aliphatic carbocycles. The van der Waals surface area contributed by atoms with E-state index < -0.39 is 0 Å². The molecule has 64 valence electrons. The van der Waals surface area contributed by atoms with Gasteiger partial charge in [-0.05, 0) is 11.8 Å². The molecule has 0 aromatic carbocycles. The van der Waals surface area contributed by atoms with Crippen molar-refractivity contribution >= 4 is 0 Å². The summed E-state index contributed by atoms with van der Waals surface area (Å²) in [4.78, 5) is 0. The summed E-state index contributed by atoms with van der Waals surface area (Å²) in [5, 5.41) is 0. The Morgan fingerprint density at radius 2 is 0.900 bits per heavy atom. The maximum absolute atomic E-state index is 2.33. The van der Waals surface area contributed by atoms with Crippen molar-refractivity contribution in [2.45, 2.75) is 54.4 Å². The fourth-order valence-corrected chi connectivity index (χ4v) is 0.833. The van der Waals surface area contributed by atoms with E-state index in [1.54, 1.807) is 0 Å². The molecule has 0 aromatic heterocycles. The van der Waals surface area contributed by atoms with Gasteiger partial charge in [-0.15, -0.1) is 0 Å². The topological polar surface area (TPSA) is 0 Å². The Bertz CT molecular complexity index is 40.0. The average molecular weight is 144 g/mol. The molecule has 0 nitrogen and oxygen atoms in total. The van der Waals surface area contributed by atoms with Gasteiger partial charge in [-0.1, -0.05) is 54.4 Å². The molecule has 0 amide bonds. The summed E-state index contributed by atoms with van der Waals surface area (Å²) in [6, 6.07) is 0. The fraction of sp³-hybridized carbons (Fsp3) is 1.00. The van der Waals surface area contributed by atoms with E-state index in [9.17, 15) is 0 Å². The van der Waals surface area contributed by atoms with E-state index in [1.165, 1.54) is 12.8 Å². The van der Waals surface area contributed by atoms with E-state index in [0.29, 0.717) is 0 Å². The van der Waals surface area contributed by atoms with Gasteiger partial charge in [-0.2, -0.15) is 0 Å². The largest absolute Gasteiger partial charge is 0.0683 e. The van der Waals surface area contributed by atoms with Crippen LogP contribution in [0.25, 0.3) is 0 Å². The first-order valence-corrected chi connectivity index (χ1v) is 4.80. The van der Waals surface area contributed by atoms with E-state index in [2.05, 4.69) is 13.8 Å². The summed E-state index contributed by atoms with van der Waals surface area (Å²) in [6.45, 7) is 12.7. The third-order valence-electron chi connectivity index (χ3n) is 2.05. The normalized spacial score (nSPS) is 28.2. The summed E-state index contributed by atoms with van der Waals surface area (Å²) in [7, 11) is 0. The molecule has 2 unspecified atom stereocenters. The van der Waals surface area contributed by atoms with Crippen molar-refractivity contribution in [3.8, 4) is 0 Å². The first kappa shape index (κ1) is 12.7. The predicted octanol–water partition coefficient (Wildman–Crippen LogP) is 4.10. The lowest BCUT2D eigenvalue weighted by molar-refractivity contribution is 0.219. The highest BCUT2D eigenvalue weighted by Crippen LogP contribution is 2.32. The van der Waals surface area contributed by atoms with Crippen LogP contribution in [0.3, 0.4) is 0 Å². The second kappa shape index (κ2) is 9.00. The zero-order valence-electron chi connectivity index (χ0n) is 8.57. The minimum Gasteiger partial charge on any atom is -0.0683 e. The number of rotatable bonds is 0. The summed E-state index contributed by atoms with van der Waals surface area (Å²) in [5.74, 6) is 2.06. The van der Waals surface area contributed by atoms with E-state index in [4.69, 9.17) is 0 Å². The maximum Gasteiger partial charge on any atom is -0.0417 e. The molecule has 0 radical (unpaired) electrons. The molecule has 0 saturated heterocycles. The van der Waals surface area contributed by atoms with Crippen LogP contribution in [-0.2, 0) is 0 Å². The third-order valence-corrected chi connectivity index (χ3v) is 2.05. The molecule has 1 fully saturated rings. The smallest absolute Gasteiger partial charge is 0.0417 e. The van der Waals surface area contributed by atoms with Crippen molar-refractivity contribution in [2.75, 3.05) is 0 Å². The lowest BCUT2D eigenvalue weighted by Crippen LogP contribution is -2.18. The molecule has 1 saturated carbocycles. The quantitative estimate of drug-likeness (QED) is 0.480. The first-order valence-electron chi connectivity index (χ1n) is 4.80. The van der Waals surface area contributed by atoms with Gasteiger partial charge < -0.3 is 0 Å². The van der Waals surface area contributed by atoms with E-state index in [-0.39, 0.29) is 0 Å². The molecule has 0 bridgehead atoms. The number of hydrogen-bond acceptors (Lipinski definition) is 0. The van der Waals surface area contributed by atoms with E-state index in [0.717, 1.165) is 11.8 Å². The minimum absolute atomic E-state index is 1.03. The van der Waals surface area contributed by atoms with Gasteiger partial charge in [0.25, 0.3) is 0 Å². The van der Waals surface area contributed by atoms with Crippen LogP contribution < -0.4 is 0 Å². The molecule has 2 atom stereocenters. The molecule has 0 aliphatic heterocycles. The van der Waals surface area contributed by atoms with Crippen LogP contribution >= 0.6 is 0 Å². The predicted molar refractivity (Wildman–Crippen MR) is 50.3 cm³/mol. The van der Waals surface area contributed by atoms with Gasteiger partial charge in [0, 0.05) is 0 Å². The molecular weight excluding hydrogens is 120 g/mol. The first-order chi connectivity index (χ1) is 4.80. The summed E-state index contributed by atoms with van der Waals surface area (Å²) < 4.78 is 0. The average Bonchev–Trinajstić information content (AvgIpc) is 2.08. The van der Waals surface area contributed by atoms with E-state index in [1.807, 2.05) is 27.7 Å². The SMILES string of the molecule is CC.CC.CC1CCC1C. The Labute approximate surface area is 67.0 Å². The third kappa shape index (κ3) is 4.84. The van der Waals surface area contributed by atoms with Gasteiger partial charge >= 0.3 is 0 Å². The zero-order chi connectivity index (χ0) is 8.57. The summed E-state index contributed by atoms with van der Waals surface area (Å²) >= 11 is 0. The van der Waals surface area contributed by atoms with E-state index >= 15 is 0 Å². The van der Waals surface area contributed by atoms with Crippen LogP contribution in [0.5, 0.6) is 0 Å². The summed E-state index contributed by atoms with van der Waals surface area (Å²) in [5.41, 5.74) is 0. The van der Waals surface area contributed by atoms with Gasteiger partial charge in [0.15, 0.2) is 0 Å². The van der Waals surface area contributed by atoms with Crippen LogP contribution in [0.1, 0.15) is 54.4 Å². The highest BCUT2D eigenvalue weighted by atomic mass is 14.3. The zero-order valence-corrected chi connectivity index (χ0v) is 8.57. The Morgan fingerprint density at radius 1 is 0.700 bits per heavy atom. The van der Waals surface area contributed by atoms with Crippen molar-refractivity contribution in [1.82, 2.24) is 0 Å². The molecule has 0 heteroatoms. The molecular formula is C10H24. The van der Waals surface area contributed by atoms with Crippen LogP contribution in [0.2, 0.25) is 0 Å². The molecule has 0 aromatic rings. The lowest BCUT2D eigenvalue weighted by atomic mass is 9.77. The van der Waals surface area contributed by atoms with Crippen molar-refractivity contribution in [1.29, 1.82) is 0 Å². The van der Waals surface area contributed by atoms with Gasteiger partial charge in [0.05, 0.1) is 0 Å². The van der Waals surface area contributed by atoms with Crippen molar-refractivity contribution in [2.24, 2.45) is 11.8 Å². The Hall–Kier alpha value is 0. The lowest BCUT2D eigenvalue weighted by Gasteiger charge is -2.29. The molecule has 1 rings (SSSR count). The van der Waals surface area contributed by atoms with Crippen LogP contribution in [0.4, 0.5) is 0 Å². The Kier molecular flexibility index (Phi) is 11.4. The Morgan fingerprint density at radius 3 is 0.900 bits per heavy atom. The van der Waals surface area contributed by atoms with Gasteiger partial charge in [-0.3, -0.25) is 0 Å². The second-order valence-electron chi connectivity index (χ2n) is 2.53. The van der Waals surface area contributed by atoms with Gasteiger partial charge in [0.1, 0.15) is 0 Å². The van der Waals surface area contributed by atoms with Crippen molar-refractivity contribution in [3.63, 3.8) is 0 Å². The monoisotopic (exact) mass is 144 g/mol. The molecule has 10 heavy (non-hydrogen) atoms. The highest BCUT2D eigenvalue weighted by Gasteiger charge is 2.20. The standard InChI is InChI=1S/C6H12.2C2H6/c1-5-3-4-6(5)2;2*1-2/h5-6H,3-4H2,1-2H3;2*1-2H3. The second-order valence-corrected chi connectivity index (χ2v) is 2.53. The van der Waals surface area contributed by atoms with Crippen molar-refractivity contribution in [3.05, 3.63) is 0 Å². The summed E-state index contributed by atoms with van der Waals surface area (Å²) in [6.07, 6.45) is 2.95. The molecule has 1 aliphatic rings. The van der Waals surface area contributed by atoms with Crippen LogP contribution in [0, 0.1) is 11.8 Å². The molecule has 0 spiro atoms. The van der Waals surface area contributed by atoms with Crippen LogP contribution in [-0.4, -0.2) is 0 Å². The van der Waals surface area contributed by atoms with Gasteiger partial charge in [0.2, 0.25) is 0 Å². The number of hydrogen-bond donors (Lipinski definition) is 0. The molecule has 0 N–H and O–H groups in total. The fourth-order valence-electron chi connectivity index (χ4n) is 0.833. The Balaban J connectivity index is 0. The minimum atomic E-state index is 1.03. The maximum atomic E-state index is 2.33. The van der Waals surface area contributed by atoms with Crippen molar-refractivity contribution < 1.29 is 0 Å². The highest BCUT2D eigenvalue weighted by molar-refractivity contribution is 4.71. The molecule has 0 heterocycles.